The monoisotopic (exact) mass is 466 g/mol. The van der Waals surface area contributed by atoms with E-state index >= 15 is 0 Å². The van der Waals surface area contributed by atoms with Gasteiger partial charge in [-0.05, 0) is 61.4 Å². The first-order chi connectivity index (χ1) is 15.3. The fourth-order valence-corrected chi connectivity index (χ4v) is 5.39. The van der Waals surface area contributed by atoms with Crippen molar-refractivity contribution in [1.29, 1.82) is 0 Å². The van der Waals surface area contributed by atoms with Gasteiger partial charge in [-0.25, -0.2) is 4.98 Å². The first kappa shape index (κ1) is 22.2. The summed E-state index contributed by atoms with van der Waals surface area (Å²) in [7, 11) is 0. The van der Waals surface area contributed by atoms with Gasteiger partial charge in [0.25, 0.3) is 5.56 Å². The Balaban J connectivity index is 1.59. The highest BCUT2D eigenvalue weighted by Crippen LogP contribution is 2.30. The number of primary amides is 1. The van der Waals surface area contributed by atoms with Crippen LogP contribution >= 0.6 is 23.5 Å². The quantitative estimate of drug-likeness (QED) is 0.426. The van der Waals surface area contributed by atoms with Gasteiger partial charge in [-0.1, -0.05) is 17.8 Å². The minimum atomic E-state index is -0.524. The van der Waals surface area contributed by atoms with Crippen LogP contribution in [0.4, 0.5) is 5.69 Å². The van der Waals surface area contributed by atoms with Crippen molar-refractivity contribution in [3.63, 3.8) is 0 Å². The Bertz CT molecular complexity index is 1250. The standard InChI is InChI=1S/C23H22N4O3S2/c1-13-9-14(2)11-17(10-13)27-22(30)20-18(7-8-31-20)26-23(27)32-12-19(28)25-16-5-3-15(4-6-16)21(24)29/h3-6,9-11H,7-8,12H2,1-2H3,(H2,24,29)(H,25,28). The zero-order valence-corrected chi connectivity index (χ0v) is 19.3. The fraction of sp³-hybridized carbons (Fsp3) is 0.217. The molecule has 0 atom stereocenters. The Kier molecular flexibility index (Phi) is 6.38. The van der Waals surface area contributed by atoms with Gasteiger partial charge in [-0.3, -0.25) is 19.0 Å². The van der Waals surface area contributed by atoms with Crippen LogP contribution in [0.25, 0.3) is 5.69 Å². The van der Waals surface area contributed by atoms with Gasteiger partial charge in [-0.2, -0.15) is 0 Å². The number of carbonyl (C=O) groups is 2. The lowest BCUT2D eigenvalue weighted by atomic mass is 10.1. The third kappa shape index (κ3) is 4.73. The smallest absolute Gasteiger partial charge is 0.272 e. The lowest BCUT2D eigenvalue weighted by molar-refractivity contribution is -0.113. The van der Waals surface area contributed by atoms with Gasteiger partial charge in [0.1, 0.15) is 0 Å². The third-order valence-corrected chi connectivity index (χ3v) is 6.96. The number of hydrogen-bond acceptors (Lipinski definition) is 6. The maximum Gasteiger partial charge on any atom is 0.272 e. The molecule has 7 nitrogen and oxygen atoms in total. The van der Waals surface area contributed by atoms with E-state index in [-0.39, 0.29) is 17.2 Å². The molecule has 0 aliphatic carbocycles. The van der Waals surface area contributed by atoms with Crippen molar-refractivity contribution in [2.75, 3.05) is 16.8 Å². The summed E-state index contributed by atoms with van der Waals surface area (Å²) in [5, 5.41) is 3.29. The number of carbonyl (C=O) groups excluding carboxylic acids is 2. The zero-order chi connectivity index (χ0) is 22.8. The summed E-state index contributed by atoms with van der Waals surface area (Å²) >= 11 is 2.76. The second-order valence-corrected chi connectivity index (χ2v) is 9.58. The van der Waals surface area contributed by atoms with Crippen LogP contribution in [-0.4, -0.2) is 32.9 Å². The van der Waals surface area contributed by atoms with Gasteiger partial charge in [-0.15, -0.1) is 11.8 Å². The summed E-state index contributed by atoms with van der Waals surface area (Å²) in [6.07, 6.45) is 0.745. The molecule has 0 fully saturated rings. The normalized spacial score (nSPS) is 12.4. The molecule has 3 N–H and O–H groups in total. The van der Waals surface area contributed by atoms with E-state index in [2.05, 4.69) is 5.32 Å². The molecule has 3 aromatic rings. The SMILES string of the molecule is Cc1cc(C)cc(-n2c(SCC(=O)Nc3ccc(C(N)=O)cc3)nc3c(c2=O)SCC3)c1. The number of nitrogens with two attached hydrogens (primary N) is 1. The van der Waals surface area contributed by atoms with Crippen LogP contribution in [0.2, 0.25) is 0 Å². The number of aryl methyl sites for hydroxylation is 3. The van der Waals surface area contributed by atoms with E-state index in [9.17, 15) is 14.4 Å². The number of benzene rings is 2. The summed E-state index contributed by atoms with van der Waals surface area (Å²) in [4.78, 5) is 42.4. The number of nitrogens with one attached hydrogen (secondary N) is 1. The van der Waals surface area contributed by atoms with Crippen LogP contribution in [-0.2, 0) is 11.2 Å². The summed E-state index contributed by atoms with van der Waals surface area (Å²) in [5.41, 5.74) is 9.73. The van der Waals surface area contributed by atoms with E-state index in [4.69, 9.17) is 10.7 Å². The summed E-state index contributed by atoms with van der Waals surface area (Å²) in [5.74, 6) is 0.155. The highest BCUT2D eigenvalue weighted by atomic mass is 32.2. The van der Waals surface area contributed by atoms with Gasteiger partial charge < -0.3 is 11.1 Å². The molecule has 1 aromatic heterocycles. The molecule has 0 bridgehead atoms. The molecular weight excluding hydrogens is 444 g/mol. The molecule has 2 aromatic carbocycles. The molecule has 9 heteroatoms. The van der Waals surface area contributed by atoms with Crippen molar-refractivity contribution in [2.24, 2.45) is 5.73 Å². The van der Waals surface area contributed by atoms with Gasteiger partial charge in [0.2, 0.25) is 11.8 Å². The average Bonchev–Trinajstić information content (AvgIpc) is 3.21. The van der Waals surface area contributed by atoms with Gasteiger partial charge in [0.05, 0.1) is 22.0 Å². The molecule has 32 heavy (non-hydrogen) atoms. The van der Waals surface area contributed by atoms with Gasteiger partial charge in [0, 0.05) is 23.4 Å². The molecule has 0 saturated heterocycles. The Hall–Kier alpha value is -3.04. The summed E-state index contributed by atoms with van der Waals surface area (Å²) in [6.45, 7) is 3.97. The molecule has 1 aliphatic rings. The zero-order valence-electron chi connectivity index (χ0n) is 17.7. The van der Waals surface area contributed by atoms with Crippen molar-refractivity contribution in [3.05, 3.63) is 75.2 Å². The lowest BCUT2D eigenvalue weighted by Gasteiger charge is -2.15. The average molecular weight is 467 g/mol. The van der Waals surface area contributed by atoms with Crippen LogP contribution in [0.1, 0.15) is 27.2 Å². The van der Waals surface area contributed by atoms with E-state index in [1.54, 1.807) is 28.8 Å². The van der Waals surface area contributed by atoms with Crippen molar-refractivity contribution in [1.82, 2.24) is 9.55 Å². The molecule has 2 amide bonds. The molecule has 0 radical (unpaired) electrons. The topological polar surface area (TPSA) is 107 Å². The molecule has 0 saturated carbocycles. The van der Waals surface area contributed by atoms with Crippen molar-refractivity contribution in [3.8, 4) is 5.69 Å². The summed E-state index contributed by atoms with van der Waals surface area (Å²) < 4.78 is 1.61. The Morgan fingerprint density at radius 2 is 1.84 bits per heavy atom. The number of thioether (sulfide) groups is 2. The first-order valence-corrected chi connectivity index (χ1v) is 12.0. The molecule has 1 aliphatic heterocycles. The third-order valence-electron chi connectivity index (χ3n) is 4.92. The first-order valence-electron chi connectivity index (χ1n) is 10.0. The number of nitrogens with zero attached hydrogens (tertiary/aromatic N) is 2. The van der Waals surface area contributed by atoms with Crippen molar-refractivity contribution < 1.29 is 9.59 Å². The molecule has 4 rings (SSSR count). The maximum absolute atomic E-state index is 13.3. The van der Waals surface area contributed by atoms with Crippen LogP contribution in [0.5, 0.6) is 0 Å². The Labute approximate surface area is 193 Å². The predicted octanol–water partition coefficient (Wildman–Crippen LogP) is 3.33. The molecular formula is C23H22N4O3S2. The number of amides is 2. The Morgan fingerprint density at radius 3 is 2.50 bits per heavy atom. The summed E-state index contributed by atoms with van der Waals surface area (Å²) in [6, 6.07) is 12.3. The van der Waals surface area contributed by atoms with Gasteiger partial charge in [0.15, 0.2) is 5.16 Å². The van der Waals surface area contributed by atoms with Crippen molar-refractivity contribution >= 4 is 41.0 Å². The minimum Gasteiger partial charge on any atom is -0.366 e. The molecule has 2 heterocycles. The van der Waals surface area contributed by atoms with Crippen LogP contribution in [0.15, 0.2) is 57.3 Å². The predicted molar refractivity (Wildman–Crippen MR) is 128 cm³/mol. The minimum absolute atomic E-state index is 0.0841. The van der Waals surface area contributed by atoms with E-state index in [0.717, 1.165) is 34.7 Å². The van der Waals surface area contributed by atoms with E-state index in [0.29, 0.717) is 21.3 Å². The number of aromatic nitrogens is 2. The van der Waals surface area contributed by atoms with E-state index < -0.39 is 5.91 Å². The highest BCUT2D eigenvalue weighted by molar-refractivity contribution is 8.00. The number of fused-ring (bicyclic) bond motifs is 1. The van der Waals surface area contributed by atoms with E-state index in [1.165, 1.54) is 23.5 Å². The van der Waals surface area contributed by atoms with Crippen molar-refractivity contribution in [2.45, 2.75) is 30.3 Å². The fourth-order valence-electron chi connectivity index (χ4n) is 3.54. The molecule has 0 unspecified atom stereocenters. The highest BCUT2D eigenvalue weighted by Gasteiger charge is 2.23. The van der Waals surface area contributed by atoms with Crippen LogP contribution in [0.3, 0.4) is 0 Å². The number of rotatable bonds is 6. The van der Waals surface area contributed by atoms with Crippen LogP contribution in [0, 0.1) is 13.8 Å². The lowest BCUT2D eigenvalue weighted by Crippen LogP contribution is -2.25. The second-order valence-electron chi connectivity index (χ2n) is 7.53. The number of hydrogen-bond donors (Lipinski definition) is 2. The molecule has 164 valence electrons. The van der Waals surface area contributed by atoms with Crippen LogP contribution < -0.4 is 16.6 Å². The Morgan fingerprint density at radius 1 is 1.16 bits per heavy atom. The number of anilines is 1. The second kappa shape index (κ2) is 9.22. The maximum atomic E-state index is 13.3. The van der Waals surface area contributed by atoms with Gasteiger partial charge >= 0.3 is 0 Å². The largest absolute Gasteiger partial charge is 0.366 e. The molecule has 0 spiro atoms. The van der Waals surface area contributed by atoms with E-state index in [1.807, 2.05) is 32.0 Å².